The van der Waals surface area contributed by atoms with Gasteiger partial charge in [-0.3, -0.25) is 5.32 Å². The third-order valence-electron chi connectivity index (χ3n) is 5.26. The molecule has 0 radical (unpaired) electrons. The molecule has 0 amide bonds. The molecule has 1 aromatic heterocycles. The summed E-state index contributed by atoms with van der Waals surface area (Å²) in [5.74, 6) is 0.968. The third-order valence-corrected chi connectivity index (χ3v) is 6.25. The fourth-order valence-electron chi connectivity index (χ4n) is 3.63. The number of carbonyl (C=O) groups excluding carboxylic acids is 1. The Labute approximate surface area is 189 Å². The second kappa shape index (κ2) is 8.36. The van der Waals surface area contributed by atoms with Crippen LogP contribution in [0.15, 0.2) is 95.0 Å². The highest BCUT2D eigenvalue weighted by Gasteiger charge is 2.41. The SMILES string of the molecule is O=C1C(Cc2ccc(O)cc2)Nc2c(Sc3ccccc3)nc(-c3ccc(O)cc3)c[n+]21. The van der Waals surface area contributed by atoms with E-state index < -0.39 is 6.04 Å². The number of phenolic OH excluding ortho intramolecular Hbond substituents is 2. The van der Waals surface area contributed by atoms with Gasteiger partial charge in [0.05, 0.1) is 0 Å². The number of hydrogen-bond acceptors (Lipinski definition) is 6. The highest BCUT2D eigenvalue weighted by atomic mass is 32.2. The smallest absolute Gasteiger partial charge is 0.359 e. The van der Waals surface area contributed by atoms with Crippen LogP contribution in [0.4, 0.5) is 5.82 Å². The van der Waals surface area contributed by atoms with Crippen molar-refractivity contribution in [2.24, 2.45) is 0 Å². The van der Waals surface area contributed by atoms with E-state index in [1.807, 2.05) is 42.5 Å². The predicted molar refractivity (Wildman–Crippen MR) is 122 cm³/mol. The van der Waals surface area contributed by atoms with Crippen LogP contribution < -0.4 is 9.88 Å². The summed E-state index contributed by atoms with van der Waals surface area (Å²) in [6.07, 6.45) is 2.23. The molecular weight excluding hydrogens is 422 g/mol. The molecule has 3 aromatic carbocycles. The van der Waals surface area contributed by atoms with Crippen LogP contribution in [0.1, 0.15) is 10.4 Å². The molecule has 1 aliphatic rings. The van der Waals surface area contributed by atoms with Crippen molar-refractivity contribution >= 4 is 23.5 Å². The Morgan fingerprint density at radius 1 is 0.906 bits per heavy atom. The van der Waals surface area contributed by atoms with E-state index in [1.165, 1.54) is 11.8 Å². The Kier molecular flexibility index (Phi) is 5.25. The van der Waals surface area contributed by atoms with E-state index in [4.69, 9.17) is 4.98 Å². The first-order chi connectivity index (χ1) is 15.6. The molecule has 5 rings (SSSR count). The lowest BCUT2D eigenvalue weighted by atomic mass is 10.1. The Balaban J connectivity index is 1.53. The molecule has 7 heteroatoms. The van der Waals surface area contributed by atoms with Gasteiger partial charge in [-0.1, -0.05) is 42.1 Å². The number of nitrogens with zero attached hydrogens (tertiary/aromatic N) is 2. The van der Waals surface area contributed by atoms with Crippen LogP contribution in [-0.4, -0.2) is 27.1 Å². The fourth-order valence-corrected chi connectivity index (χ4v) is 4.54. The van der Waals surface area contributed by atoms with Gasteiger partial charge in [-0.2, -0.15) is 4.57 Å². The van der Waals surface area contributed by atoms with Crippen molar-refractivity contribution < 1.29 is 19.6 Å². The zero-order valence-corrected chi connectivity index (χ0v) is 17.8. The summed E-state index contributed by atoms with van der Waals surface area (Å²) in [6, 6.07) is 23.1. The van der Waals surface area contributed by atoms with Gasteiger partial charge in [0.2, 0.25) is 0 Å². The van der Waals surface area contributed by atoms with Gasteiger partial charge >= 0.3 is 11.7 Å². The number of aromatic nitrogens is 2. The van der Waals surface area contributed by atoms with Gasteiger partial charge in [0.25, 0.3) is 0 Å². The first kappa shape index (κ1) is 20.1. The molecule has 0 bridgehead atoms. The monoisotopic (exact) mass is 442 g/mol. The summed E-state index contributed by atoms with van der Waals surface area (Å²) in [5, 5.41) is 23.2. The second-order valence-electron chi connectivity index (χ2n) is 7.52. The maximum absolute atomic E-state index is 13.3. The molecule has 32 heavy (non-hydrogen) atoms. The van der Waals surface area contributed by atoms with Crippen LogP contribution in [0, 0.1) is 0 Å². The summed E-state index contributed by atoms with van der Waals surface area (Å²) in [5.41, 5.74) is 2.40. The summed E-state index contributed by atoms with van der Waals surface area (Å²) in [6.45, 7) is 0. The van der Waals surface area contributed by atoms with Crippen LogP contribution in [0.25, 0.3) is 11.3 Å². The summed E-state index contributed by atoms with van der Waals surface area (Å²) in [4.78, 5) is 19.1. The number of anilines is 1. The van der Waals surface area contributed by atoms with E-state index in [0.29, 0.717) is 23.0 Å². The van der Waals surface area contributed by atoms with Gasteiger partial charge in [-0.05, 0) is 54.1 Å². The number of fused-ring (bicyclic) bond motifs is 1. The van der Waals surface area contributed by atoms with Crippen LogP contribution in [0.2, 0.25) is 0 Å². The predicted octanol–water partition coefficient (Wildman–Crippen LogP) is 4.28. The van der Waals surface area contributed by atoms with Crippen molar-refractivity contribution in [2.45, 2.75) is 22.4 Å². The molecule has 0 spiro atoms. The molecule has 1 atom stereocenters. The first-order valence-corrected chi connectivity index (χ1v) is 11.0. The number of phenols is 2. The summed E-state index contributed by atoms with van der Waals surface area (Å²) in [7, 11) is 0. The van der Waals surface area contributed by atoms with Crippen molar-refractivity contribution in [3.63, 3.8) is 0 Å². The standard InChI is InChI=1S/C25H19N3O3S/c29-18-10-6-16(7-11-18)14-21-25(31)28-15-22(17-8-12-19(30)13-9-17)27-24(23(28)26-21)32-20-4-2-1-3-5-20/h1-13,15,21,29-30H,14H2/p+1. The Bertz CT molecular complexity index is 1280. The zero-order valence-electron chi connectivity index (χ0n) is 17.0. The molecule has 158 valence electrons. The normalized spacial score (nSPS) is 14.8. The van der Waals surface area contributed by atoms with Gasteiger partial charge in [-0.25, -0.2) is 9.78 Å². The first-order valence-electron chi connectivity index (χ1n) is 10.1. The molecule has 0 aliphatic carbocycles. The van der Waals surface area contributed by atoms with Gasteiger partial charge in [0.15, 0.2) is 11.1 Å². The molecule has 4 aromatic rings. The van der Waals surface area contributed by atoms with Crippen molar-refractivity contribution in [3.8, 4) is 22.8 Å². The molecule has 6 nitrogen and oxygen atoms in total. The molecule has 3 N–H and O–H groups in total. The molecule has 1 aliphatic heterocycles. The Hall–Kier alpha value is -3.84. The average molecular weight is 443 g/mol. The maximum Gasteiger partial charge on any atom is 0.359 e. The van der Waals surface area contributed by atoms with Crippen LogP contribution in [0.3, 0.4) is 0 Å². The van der Waals surface area contributed by atoms with Gasteiger partial charge in [0, 0.05) is 16.9 Å². The van der Waals surface area contributed by atoms with E-state index in [-0.39, 0.29) is 17.4 Å². The summed E-state index contributed by atoms with van der Waals surface area (Å²) < 4.78 is 1.63. The number of carbonyl (C=O) groups is 1. The largest absolute Gasteiger partial charge is 0.508 e. The molecule has 1 unspecified atom stereocenters. The van der Waals surface area contributed by atoms with E-state index in [2.05, 4.69) is 5.32 Å². The minimum Gasteiger partial charge on any atom is -0.508 e. The number of aromatic hydroxyl groups is 2. The van der Waals surface area contributed by atoms with E-state index in [1.54, 1.807) is 47.2 Å². The van der Waals surface area contributed by atoms with E-state index in [9.17, 15) is 15.0 Å². The number of benzene rings is 3. The highest BCUT2D eigenvalue weighted by molar-refractivity contribution is 7.99. The lowest BCUT2D eigenvalue weighted by molar-refractivity contribution is -0.554. The highest BCUT2D eigenvalue weighted by Crippen LogP contribution is 2.34. The van der Waals surface area contributed by atoms with Crippen molar-refractivity contribution in [1.82, 2.24) is 4.98 Å². The molecular formula is C25H20N3O3S+. The van der Waals surface area contributed by atoms with Crippen LogP contribution >= 0.6 is 11.8 Å². The maximum atomic E-state index is 13.3. The quantitative estimate of drug-likeness (QED) is 0.400. The number of nitrogens with one attached hydrogen (secondary N) is 1. The lowest BCUT2D eigenvalue weighted by Gasteiger charge is -2.07. The van der Waals surface area contributed by atoms with Gasteiger partial charge in [0.1, 0.15) is 23.4 Å². The van der Waals surface area contributed by atoms with Gasteiger partial charge in [-0.15, -0.1) is 0 Å². The molecule has 2 heterocycles. The second-order valence-corrected chi connectivity index (χ2v) is 8.58. The lowest BCUT2D eigenvalue weighted by Crippen LogP contribution is -2.43. The van der Waals surface area contributed by atoms with Crippen molar-refractivity contribution in [2.75, 3.05) is 5.32 Å². The van der Waals surface area contributed by atoms with Crippen molar-refractivity contribution in [3.05, 3.63) is 90.6 Å². The minimum atomic E-state index is -0.438. The van der Waals surface area contributed by atoms with Gasteiger partial charge < -0.3 is 10.2 Å². The average Bonchev–Trinajstić information content (AvgIpc) is 3.12. The minimum absolute atomic E-state index is 0.0644. The topological polar surface area (TPSA) is 86.3 Å². The van der Waals surface area contributed by atoms with Crippen LogP contribution in [-0.2, 0) is 6.42 Å². The van der Waals surface area contributed by atoms with Crippen molar-refractivity contribution in [1.29, 1.82) is 0 Å². The van der Waals surface area contributed by atoms with E-state index >= 15 is 0 Å². The third kappa shape index (κ3) is 4.02. The van der Waals surface area contributed by atoms with E-state index in [0.717, 1.165) is 16.0 Å². The summed E-state index contributed by atoms with van der Waals surface area (Å²) >= 11 is 1.49. The Morgan fingerprint density at radius 2 is 1.56 bits per heavy atom. The molecule has 0 fully saturated rings. The number of hydrogen-bond donors (Lipinski definition) is 3. The Morgan fingerprint density at radius 3 is 2.25 bits per heavy atom. The molecule has 0 saturated heterocycles. The fraction of sp³-hybridized carbons (Fsp3) is 0.0800. The molecule has 0 saturated carbocycles. The number of rotatable bonds is 5. The van der Waals surface area contributed by atoms with Crippen LogP contribution in [0.5, 0.6) is 11.5 Å². The zero-order chi connectivity index (χ0) is 22.1.